The van der Waals surface area contributed by atoms with Gasteiger partial charge in [0.2, 0.25) is 0 Å². The number of aryl methyl sites for hydroxylation is 1. The minimum Gasteiger partial charge on any atom is -0.496 e. The second kappa shape index (κ2) is 4.83. The van der Waals surface area contributed by atoms with E-state index in [0.29, 0.717) is 0 Å². The Balaban J connectivity index is 2.90. The number of rotatable bonds is 3. The molecule has 0 fully saturated rings. The number of methoxy groups -OCH3 is 1. The molecular weight excluding hydrogens is 200 g/mol. The Morgan fingerprint density at radius 3 is 2.44 bits per heavy atom. The SMILES string of the molecule is COc1c(C)cnc(CNC(C)(C)C)c1C. The Kier molecular flexibility index (Phi) is 3.92. The molecule has 1 aromatic heterocycles. The smallest absolute Gasteiger partial charge is 0.128 e. The van der Waals surface area contributed by atoms with E-state index in [0.717, 1.165) is 29.1 Å². The molecule has 0 aromatic carbocycles. The minimum absolute atomic E-state index is 0.103. The lowest BCUT2D eigenvalue weighted by molar-refractivity contribution is 0.400. The summed E-state index contributed by atoms with van der Waals surface area (Å²) in [6, 6.07) is 0. The van der Waals surface area contributed by atoms with Gasteiger partial charge in [0.15, 0.2) is 0 Å². The molecular formula is C13H22N2O. The van der Waals surface area contributed by atoms with Gasteiger partial charge in [-0.25, -0.2) is 0 Å². The topological polar surface area (TPSA) is 34.1 Å². The summed E-state index contributed by atoms with van der Waals surface area (Å²) < 4.78 is 5.38. The zero-order valence-electron chi connectivity index (χ0n) is 11.1. The fourth-order valence-corrected chi connectivity index (χ4v) is 1.60. The first-order valence-corrected chi connectivity index (χ1v) is 5.59. The number of hydrogen-bond acceptors (Lipinski definition) is 3. The summed E-state index contributed by atoms with van der Waals surface area (Å²) in [5.41, 5.74) is 3.36. The Hall–Kier alpha value is -1.09. The molecule has 0 atom stereocenters. The number of nitrogens with zero attached hydrogens (tertiary/aromatic N) is 1. The van der Waals surface area contributed by atoms with Crippen molar-refractivity contribution in [2.45, 2.75) is 46.7 Å². The van der Waals surface area contributed by atoms with Gasteiger partial charge in [0.05, 0.1) is 12.8 Å². The average molecular weight is 222 g/mol. The van der Waals surface area contributed by atoms with Crippen LogP contribution in [0.15, 0.2) is 6.20 Å². The van der Waals surface area contributed by atoms with Gasteiger partial charge in [-0.3, -0.25) is 4.98 Å². The highest BCUT2D eigenvalue weighted by molar-refractivity contribution is 5.41. The maximum Gasteiger partial charge on any atom is 0.128 e. The Morgan fingerprint density at radius 2 is 1.94 bits per heavy atom. The van der Waals surface area contributed by atoms with Crippen molar-refractivity contribution in [2.75, 3.05) is 7.11 Å². The van der Waals surface area contributed by atoms with Gasteiger partial charge in [0.1, 0.15) is 5.75 Å². The van der Waals surface area contributed by atoms with Crippen LogP contribution in [0.3, 0.4) is 0 Å². The van der Waals surface area contributed by atoms with Crippen molar-refractivity contribution in [3.63, 3.8) is 0 Å². The molecule has 0 aliphatic rings. The highest BCUT2D eigenvalue weighted by Gasteiger charge is 2.13. The Bertz CT molecular complexity index is 367. The van der Waals surface area contributed by atoms with Crippen LogP contribution >= 0.6 is 0 Å². The van der Waals surface area contributed by atoms with Gasteiger partial charge in [-0.05, 0) is 34.6 Å². The van der Waals surface area contributed by atoms with Crippen molar-refractivity contribution in [3.8, 4) is 5.75 Å². The largest absolute Gasteiger partial charge is 0.496 e. The summed E-state index contributed by atoms with van der Waals surface area (Å²) in [6.07, 6.45) is 1.87. The summed E-state index contributed by atoms with van der Waals surface area (Å²) in [5, 5.41) is 3.43. The van der Waals surface area contributed by atoms with E-state index in [1.54, 1.807) is 7.11 Å². The number of nitrogens with one attached hydrogen (secondary N) is 1. The molecule has 0 spiro atoms. The third kappa shape index (κ3) is 3.20. The van der Waals surface area contributed by atoms with E-state index in [-0.39, 0.29) is 5.54 Å². The lowest BCUT2D eigenvalue weighted by atomic mass is 10.1. The van der Waals surface area contributed by atoms with Gasteiger partial charge < -0.3 is 10.1 Å². The van der Waals surface area contributed by atoms with E-state index in [2.05, 4.69) is 38.0 Å². The van der Waals surface area contributed by atoms with Gasteiger partial charge in [0, 0.05) is 29.4 Å². The van der Waals surface area contributed by atoms with Crippen molar-refractivity contribution in [1.29, 1.82) is 0 Å². The molecule has 90 valence electrons. The van der Waals surface area contributed by atoms with Gasteiger partial charge in [0.25, 0.3) is 0 Å². The van der Waals surface area contributed by atoms with Crippen molar-refractivity contribution in [3.05, 3.63) is 23.0 Å². The highest BCUT2D eigenvalue weighted by Crippen LogP contribution is 2.24. The number of aromatic nitrogens is 1. The lowest BCUT2D eigenvalue weighted by Crippen LogP contribution is -2.35. The summed E-state index contributed by atoms with van der Waals surface area (Å²) in [7, 11) is 1.70. The third-order valence-electron chi connectivity index (χ3n) is 2.54. The first-order valence-electron chi connectivity index (χ1n) is 5.59. The zero-order valence-corrected chi connectivity index (χ0v) is 11.1. The second-order valence-electron chi connectivity index (χ2n) is 5.15. The van der Waals surface area contributed by atoms with Crippen molar-refractivity contribution in [2.24, 2.45) is 0 Å². The zero-order chi connectivity index (χ0) is 12.3. The van der Waals surface area contributed by atoms with E-state index in [1.807, 2.05) is 13.1 Å². The normalized spacial score (nSPS) is 11.6. The highest BCUT2D eigenvalue weighted by atomic mass is 16.5. The van der Waals surface area contributed by atoms with E-state index in [1.165, 1.54) is 0 Å². The molecule has 0 unspecified atom stereocenters. The maximum absolute atomic E-state index is 5.38. The van der Waals surface area contributed by atoms with Crippen molar-refractivity contribution in [1.82, 2.24) is 10.3 Å². The predicted octanol–water partition coefficient (Wildman–Crippen LogP) is 2.60. The van der Waals surface area contributed by atoms with Gasteiger partial charge >= 0.3 is 0 Å². The Labute approximate surface area is 98.2 Å². The van der Waals surface area contributed by atoms with Gasteiger partial charge in [-0.15, -0.1) is 0 Å². The van der Waals surface area contributed by atoms with E-state index >= 15 is 0 Å². The predicted molar refractivity (Wildman–Crippen MR) is 66.9 cm³/mol. The van der Waals surface area contributed by atoms with Crippen molar-refractivity contribution < 1.29 is 4.74 Å². The third-order valence-corrected chi connectivity index (χ3v) is 2.54. The van der Waals surface area contributed by atoms with Crippen LogP contribution in [0, 0.1) is 13.8 Å². The standard InChI is InChI=1S/C13H22N2O/c1-9-7-14-11(8-15-13(3,4)5)10(2)12(9)16-6/h7,15H,8H2,1-6H3. The molecule has 0 aliphatic carbocycles. The van der Waals surface area contributed by atoms with Crippen LogP contribution in [0.2, 0.25) is 0 Å². The van der Waals surface area contributed by atoms with E-state index < -0.39 is 0 Å². The quantitative estimate of drug-likeness (QED) is 0.853. The molecule has 3 heteroatoms. The average Bonchev–Trinajstić information content (AvgIpc) is 2.16. The monoisotopic (exact) mass is 222 g/mol. The van der Waals surface area contributed by atoms with Crippen LogP contribution in [0.5, 0.6) is 5.75 Å². The summed E-state index contributed by atoms with van der Waals surface area (Å²) in [6.45, 7) is 11.3. The number of ether oxygens (including phenoxy) is 1. The number of hydrogen-bond donors (Lipinski definition) is 1. The van der Waals surface area contributed by atoms with E-state index in [9.17, 15) is 0 Å². The molecule has 1 N–H and O–H groups in total. The summed E-state index contributed by atoms with van der Waals surface area (Å²) in [4.78, 5) is 4.45. The van der Waals surface area contributed by atoms with Crippen LogP contribution in [0.25, 0.3) is 0 Å². The molecule has 0 saturated carbocycles. The van der Waals surface area contributed by atoms with Crippen LogP contribution < -0.4 is 10.1 Å². The molecule has 3 nitrogen and oxygen atoms in total. The molecule has 0 amide bonds. The summed E-state index contributed by atoms with van der Waals surface area (Å²) in [5.74, 6) is 0.945. The van der Waals surface area contributed by atoms with Crippen LogP contribution in [0.1, 0.15) is 37.6 Å². The molecule has 0 saturated heterocycles. The van der Waals surface area contributed by atoms with Crippen LogP contribution in [-0.2, 0) is 6.54 Å². The molecule has 1 aromatic rings. The molecule has 0 aliphatic heterocycles. The summed E-state index contributed by atoms with van der Waals surface area (Å²) >= 11 is 0. The minimum atomic E-state index is 0.103. The molecule has 0 bridgehead atoms. The van der Waals surface area contributed by atoms with Gasteiger partial charge in [-0.1, -0.05) is 0 Å². The second-order valence-corrected chi connectivity index (χ2v) is 5.15. The molecule has 16 heavy (non-hydrogen) atoms. The molecule has 0 radical (unpaired) electrons. The first kappa shape index (κ1) is 13.0. The van der Waals surface area contributed by atoms with Crippen LogP contribution in [0.4, 0.5) is 0 Å². The molecule has 1 rings (SSSR count). The van der Waals surface area contributed by atoms with Crippen molar-refractivity contribution >= 4 is 0 Å². The van der Waals surface area contributed by atoms with Gasteiger partial charge in [-0.2, -0.15) is 0 Å². The number of pyridine rings is 1. The maximum atomic E-state index is 5.38. The molecule has 1 heterocycles. The first-order chi connectivity index (χ1) is 7.35. The fraction of sp³-hybridized carbons (Fsp3) is 0.615. The lowest BCUT2D eigenvalue weighted by Gasteiger charge is -2.21. The van der Waals surface area contributed by atoms with Crippen LogP contribution in [-0.4, -0.2) is 17.6 Å². The van der Waals surface area contributed by atoms with E-state index in [4.69, 9.17) is 4.74 Å². The Morgan fingerprint density at radius 1 is 1.31 bits per heavy atom. The fourth-order valence-electron chi connectivity index (χ4n) is 1.60.